The summed E-state index contributed by atoms with van der Waals surface area (Å²) in [4.78, 5) is 26.1. The molecule has 1 aromatic carbocycles. The maximum atomic E-state index is 12.7. The molecule has 2 heterocycles. The van der Waals surface area contributed by atoms with Gasteiger partial charge in [-0.25, -0.2) is 4.79 Å². The lowest BCUT2D eigenvalue weighted by Gasteiger charge is -2.23. The van der Waals surface area contributed by atoms with Crippen molar-refractivity contribution in [1.82, 2.24) is 20.0 Å². The number of nitrogens with one attached hydrogen (secondary N) is 1. The normalized spacial score (nSPS) is 18.8. The molecule has 0 radical (unpaired) electrons. The molecular formula is C20H23F3N4O4. The molecule has 168 valence electrons. The maximum absolute atomic E-state index is 12.7. The minimum Gasteiger partial charge on any atom is -0.445 e. The van der Waals surface area contributed by atoms with Gasteiger partial charge in [-0.2, -0.15) is 18.3 Å². The number of hydrogen-bond acceptors (Lipinski definition) is 5. The van der Waals surface area contributed by atoms with Gasteiger partial charge < -0.3 is 15.2 Å². The largest absolute Gasteiger partial charge is 0.445 e. The number of nitrogens with zero attached hydrogens (tertiary/aromatic N) is 3. The summed E-state index contributed by atoms with van der Waals surface area (Å²) in [6.45, 7) is 1.51. The Balaban J connectivity index is 1.53. The summed E-state index contributed by atoms with van der Waals surface area (Å²) < 4.78 is 44.6. The highest BCUT2D eigenvalue weighted by molar-refractivity contribution is 5.86. The molecule has 1 aromatic heterocycles. The third kappa shape index (κ3) is 5.75. The van der Waals surface area contributed by atoms with Gasteiger partial charge >= 0.3 is 12.3 Å². The Labute approximate surface area is 176 Å². The fraction of sp³-hybridized carbons (Fsp3) is 0.450. The highest BCUT2D eigenvalue weighted by Crippen LogP contribution is 2.28. The van der Waals surface area contributed by atoms with E-state index in [-0.39, 0.29) is 32.7 Å². The van der Waals surface area contributed by atoms with Gasteiger partial charge in [-0.05, 0) is 18.6 Å². The molecule has 8 nitrogen and oxygen atoms in total. The molecule has 1 aliphatic rings. The van der Waals surface area contributed by atoms with Crippen LogP contribution in [0.3, 0.4) is 0 Å². The van der Waals surface area contributed by atoms with Crippen LogP contribution in [-0.2, 0) is 28.9 Å². The van der Waals surface area contributed by atoms with Crippen LogP contribution in [0.1, 0.15) is 23.4 Å². The number of amides is 2. The van der Waals surface area contributed by atoms with Crippen LogP contribution in [-0.4, -0.2) is 57.0 Å². The zero-order valence-electron chi connectivity index (χ0n) is 16.8. The first-order valence-corrected chi connectivity index (χ1v) is 9.70. The number of benzene rings is 1. The van der Waals surface area contributed by atoms with Gasteiger partial charge in [0, 0.05) is 18.7 Å². The van der Waals surface area contributed by atoms with Crippen LogP contribution in [0.15, 0.2) is 36.4 Å². The monoisotopic (exact) mass is 440 g/mol. The Morgan fingerprint density at radius 1 is 1.29 bits per heavy atom. The van der Waals surface area contributed by atoms with Crippen molar-refractivity contribution in [3.63, 3.8) is 0 Å². The molecule has 0 aliphatic carbocycles. The molecule has 1 saturated heterocycles. The molecule has 11 heteroatoms. The van der Waals surface area contributed by atoms with Crippen molar-refractivity contribution >= 4 is 12.0 Å². The smallest absolute Gasteiger partial charge is 0.435 e. The SMILES string of the molecule is Cc1cc(C(F)(F)F)nn1CCNC(=O)[C@@H]1C[C@@H](O)CN1C(=O)OCc1ccccc1. The van der Waals surface area contributed by atoms with Crippen LogP contribution in [0.4, 0.5) is 18.0 Å². The zero-order chi connectivity index (χ0) is 22.6. The molecule has 0 bridgehead atoms. The molecule has 2 N–H and O–H groups in total. The van der Waals surface area contributed by atoms with Gasteiger partial charge in [-0.15, -0.1) is 0 Å². The van der Waals surface area contributed by atoms with Crippen LogP contribution < -0.4 is 5.32 Å². The first-order chi connectivity index (χ1) is 14.6. The number of aliphatic hydroxyl groups is 1. The molecule has 3 rings (SSSR count). The van der Waals surface area contributed by atoms with E-state index in [1.165, 1.54) is 6.92 Å². The number of carbonyl (C=O) groups is 2. The average Bonchev–Trinajstić information content (AvgIpc) is 3.30. The van der Waals surface area contributed by atoms with Crippen molar-refractivity contribution in [2.75, 3.05) is 13.1 Å². The van der Waals surface area contributed by atoms with Gasteiger partial charge in [0.25, 0.3) is 0 Å². The summed E-state index contributed by atoms with van der Waals surface area (Å²) in [5, 5.41) is 16.0. The van der Waals surface area contributed by atoms with E-state index in [0.717, 1.165) is 21.2 Å². The molecule has 2 aromatic rings. The van der Waals surface area contributed by atoms with Crippen molar-refractivity contribution in [3.8, 4) is 0 Å². The Morgan fingerprint density at radius 3 is 2.65 bits per heavy atom. The number of hydrogen-bond donors (Lipinski definition) is 2. The molecule has 0 unspecified atom stereocenters. The second-order valence-corrected chi connectivity index (χ2v) is 7.28. The number of β-amino-alcohol motifs (C(OH)–C–C–N with tert-alkyl or cyclic N) is 1. The van der Waals surface area contributed by atoms with E-state index in [9.17, 15) is 27.9 Å². The van der Waals surface area contributed by atoms with Gasteiger partial charge in [0.15, 0.2) is 5.69 Å². The zero-order valence-corrected chi connectivity index (χ0v) is 16.8. The number of likely N-dealkylation sites (tertiary alicyclic amines) is 1. The number of aromatic nitrogens is 2. The third-order valence-electron chi connectivity index (χ3n) is 4.92. The van der Waals surface area contributed by atoms with Crippen LogP contribution in [0.2, 0.25) is 0 Å². The second kappa shape index (κ2) is 9.38. The second-order valence-electron chi connectivity index (χ2n) is 7.28. The van der Waals surface area contributed by atoms with Gasteiger partial charge in [0.05, 0.1) is 19.2 Å². The first kappa shape index (κ1) is 22.6. The Bertz CT molecular complexity index is 917. The molecule has 2 atom stereocenters. The van der Waals surface area contributed by atoms with Crippen LogP contribution in [0.25, 0.3) is 0 Å². The van der Waals surface area contributed by atoms with Crippen molar-refractivity contribution in [1.29, 1.82) is 0 Å². The molecule has 2 amide bonds. The number of ether oxygens (including phenoxy) is 1. The number of halogens is 3. The van der Waals surface area contributed by atoms with E-state index in [2.05, 4.69) is 10.4 Å². The molecule has 31 heavy (non-hydrogen) atoms. The topological polar surface area (TPSA) is 96.7 Å². The predicted molar refractivity (Wildman–Crippen MR) is 103 cm³/mol. The summed E-state index contributed by atoms with van der Waals surface area (Å²) >= 11 is 0. The number of carbonyl (C=O) groups excluding carboxylic acids is 2. The maximum Gasteiger partial charge on any atom is 0.435 e. The molecule has 1 fully saturated rings. The van der Waals surface area contributed by atoms with Gasteiger partial charge in [0.1, 0.15) is 12.6 Å². The Kier molecular flexibility index (Phi) is 6.84. The standard InChI is InChI=1S/C20H23F3N4O4/c1-13-9-17(20(21,22)23)25-27(13)8-7-24-18(29)16-10-15(28)11-26(16)19(30)31-12-14-5-3-2-4-6-14/h2-6,9,15-16,28H,7-8,10-12H2,1H3,(H,24,29)/t15-,16+/m1/s1. The molecule has 0 saturated carbocycles. The van der Waals surface area contributed by atoms with Gasteiger partial charge in [0.2, 0.25) is 5.91 Å². The fourth-order valence-electron chi connectivity index (χ4n) is 3.34. The van der Waals surface area contributed by atoms with E-state index in [4.69, 9.17) is 4.74 Å². The minimum absolute atomic E-state index is 0.0121. The highest BCUT2D eigenvalue weighted by atomic mass is 19.4. The summed E-state index contributed by atoms with van der Waals surface area (Å²) in [6, 6.07) is 9.02. The van der Waals surface area contributed by atoms with E-state index in [0.29, 0.717) is 5.69 Å². The van der Waals surface area contributed by atoms with Gasteiger partial charge in [-0.1, -0.05) is 30.3 Å². The number of aliphatic hydroxyl groups excluding tert-OH is 1. The van der Waals surface area contributed by atoms with E-state index in [1.807, 2.05) is 6.07 Å². The lowest BCUT2D eigenvalue weighted by Crippen LogP contribution is -2.46. The predicted octanol–water partition coefficient (Wildman–Crippen LogP) is 2.10. The lowest BCUT2D eigenvalue weighted by atomic mass is 10.2. The first-order valence-electron chi connectivity index (χ1n) is 9.70. The summed E-state index contributed by atoms with van der Waals surface area (Å²) in [5.41, 5.74) is 0.0935. The van der Waals surface area contributed by atoms with Crippen LogP contribution in [0.5, 0.6) is 0 Å². The van der Waals surface area contributed by atoms with Gasteiger partial charge in [-0.3, -0.25) is 14.4 Å². The molecular weight excluding hydrogens is 417 g/mol. The van der Waals surface area contributed by atoms with Crippen molar-refractivity contribution < 1.29 is 32.6 Å². The minimum atomic E-state index is -4.54. The number of aryl methyl sites for hydroxylation is 1. The lowest BCUT2D eigenvalue weighted by molar-refractivity contribution is -0.141. The van der Waals surface area contributed by atoms with Crippen molar-refractivity contribution in [2.24, 2.45) is 0 Å². The molecule has 0 spiro atoms. The summed E-state index contributed by atoms with van der Waals surface area (Å²) in [5.74, 6) is -0.519. The summed E-state index contributed by atoms with van der Waals surface area (Å²) in [7, 11) is 0. The Hall–Kier alpha value is -3.08. The average molecular weight is 440 g/mol. The third-order valence-corrected chi connectivity index (χ3v) is 4.92. The highest BCUT2D eigenvalue weighted by Gasteiger charge is 2.40. The van der Waals surface area contributed by atoms with Crippen LogP contribution in [0, 0.1) is 6.92 Å². The van der Waals surface area contributed by atoms with E-state index < -0.39 is 36.0 Å². The quantitative estimate of drug-likeness (QED) is 0.717. The fourth-order valence-corrected chi connectivity index (χ4v) is 3.34. The van der Waals surface area contributed by atoms with Crippen molar-refractivity contribution in [2.45, 2.75) is 44.8 Å². The summed E-state index contributed by atoms with van der Waals surface area (Å²) in [6.07, 6.45) is -6.09. The molecule has 1 aliphatic heterocycles. The van der Waals surface area contributed by atoms with E-state index in [1.54, 1.807) is 24.3 Å². The number of rotatable bonds is 6. The van der Waals surface area contributed by atoms with E-state index >= 15 is 0 Å². The van der Waals surface area contributed by atoms with Crippen LogP contribution >= 0.6 is 0 Å². The Morgan fingerprint density at radius 2 is 2.00 bits per heavy atom. The van der Waals surface area contributed by atoms with Crippen molar-refractivity contribution in [3.05, 3.63) is 53.3 Å². The number of alkyl halides is 3.